The minimum Gasteiger partial charge on any atom is -0.378 e. The SMILES string of the molecule is CCCc1ccnc(N2CCOCC2)c1. The molecule has 3 heteroatoms. The molecule has 0 radical (unpaired) electrons. The van der Waals surface area contributed by atoms with E-state index in [1.807, 2.05) is 6.20 Å². The predicted molar refractivity (Wildman–Crippen MR) is 61.3 cm³/mol. The van der Waals surface area contributed by atoms with Gasteiger partial charge in [0.15, 0.2) is 0 Å². The van der Waals surface area contributed by atoms with Crippen molar-refractivity contribution in [2.24, 2.45) is 0 Å². The van der Waals surface area contributed by atoms with Crippen LogP contribution >= 0.6 is 0 Å². The summed E-state index contributed by atoms with van der Waals surface area (Å²) in [6.07, 6.45) is 4.24. The van der Waals surface area contributed by atoms with Gasteiger partial charge in [-0.25, -0.2) is 4.98 Å². The van der Waals surface area contributed by atoms with Crippen molar-refractivity contribution in [2.75, 3.05) is 31.2 Å². The molecule has 0 N–H and O–H groups in total. The Bertz CT molecular complexity index is 308. The lowest BCUT2D eigenvalue weighted by Gasteiger charge is -2.28. The van der Waals surface area contributed by atoms with Crippen LogP contribution in [0, 0.1) is 0 Å². The predicted octanol–water partition coefficient (Wildman–Crippen LogP) is 1.87. The van der Waals surface area contributed by atoms with Crippen LogP contribution in [-0.4, -0.2) is 31.3 Å². The Morgan fingerprint density at radius 3 is 2.93 bits per heavy atom. The van der Waals surface area contributed by atoms with E-state index in [1.165, 1.54) is 12.0 Å². The summed E-state index contributed by atoms with van der Waals surface area (Å²) in [4.78, 5) is 6.71. The third kappa shape index (κ3) is 2.69. The number of morpholine rings is 1. The first-order valence-electron chi connectivity index (χ1n) is 5.68. The lowest BCUT2D eigenvalue weighted by molar-refractivity contribution is 0.122. The van der Waals surface area contributed by atoms with Crippen molar-refractivity contribution in [3.8, 4) is 0 Å². The van der Waals surface area contributed by atoms with Crippen LogP contribution in [0.2, 0.25) is 0 Å². The number of hydrogen-bond donors (Lipinski definition) is 0. The molecule has 3 nitrogen and oxygen atoms in total. The summed E-state index contributed by atoms with van der Waals surface area (Å²) < 4.78 is 5.33. The molecule has 1 aliphatic heterocycles. The Morgan fingerprint density at radius 1 is 1.40 bits per heavy atom. The zero-order valence-corrected chi connectivity index (χ0v) is 9.28. The van der Waals surface area contributed by atoms with Crippen LogP contribution in [0.1, 0.15) is 18.9 Å². The molecule has 82 valence electrons. The van der Waals surface area contributed by atoms with Crippen LogP contribution in [0.25, 0.3) is 0 Å². The van der Waals surface area contributed by atoms with Gasteiger partial charge < -0.3 is 9.64 Å². The van der Waals surface area contributed by atoms with Gasteiger partial charge >= 0.3 is 0 Å². The van der Waals surface area contributed by atoms with E-state index in [-0.39, 0.29) is 0 Å². The van der Waals surface area contributed by atoms with Crippen LogP contribution in [-0.2, 0) is 11.2 Å². The molecular formula is C12H18N2O. The zero-order valence-electron chi connectivity index (χ0n) is 9.28. The van der Waals surface area contributed by atoms with Crippen LogP contribution in [0.4, 0.5) is 5.82 Å². The summed E-state index contributed by atoms with van der Waals surface area (Å²) in [5, 5.41) is 0. The third-order valence-electron chi connectivity index (χ3n) is 2.68. The fourth-order valence-corrected chi connectivity index (χ4v) is 1.87. The number of pyridine rings is 1. The van der Waals surface area contributed by atoms with Crippen LogP contribution < -0.4 is 4.90 Å². The van der Waals surface area contributed by atoms with Gasteiger partial charge in [-0.05, 0) is 24.1 Å². The molecule has 1 aliphatic rings. The number of rotatable bonds is 3. The molecule has 0 spiro atoms. The number of anilines is 1. The van der Waals surface area contributed by atoms with Gasteiger partial charge in [-0.2, -0.15) is 0 Å². The lowest BCUT2D eigenvalue weighted by Crippen LogP contribution is -2.36. The highest BCUT2D eigenvalue weighted by molar-refractivity contribution is 5.41. The van der Waals surface area contributed by atoms with Crippen molar-refractivity contribution in [3.63, 3.8) is 0 Å². The minimum absolute atomic E-state index is 0.819. The molecule has 0 unspecified atom stereocenters. The highest BCUT2D eigenvalue weighted by Crippen LogP contribution is 2.15. The zero-order chi connectivity index (χ0) is 10.5. The van der Waals surface area contributed by atoms with Crippen molar-refractivity contribution < 1.29 is 4.74 Å². The Labute approximate surface area is 91.1 Å². The molecular weight excluding hydrogens is 188 g/mol. The average molecular weight is 206 g/mol. The maximum Gasteiger partial charge on any atom is 0.128 e. The van der Waals surface area contributed by atoms with Crippen molar-refractivity contribution in [1.82, 2.24) is 4.98 Å². The Morgan fingerprint density at radius 2 is 2.20 bits per heavy atom. The fourth-order valence-electron chi connectivity index (χ4n) is 1.87. The molecule has 0 bridgehead atoms. The van der Waals surface area contributed by atoms with Gasteiger partial charge in [0.05, 0.1) is 13.2 Å². The summed E-state index contributed by atoms with van der Waals surface area (Å²) >= 11 is 0. The van der Waals surface area contributed by atoms with Crippen LogP contribution in [0.5, 0.6) is 0 Å². The molecule has 1 aromatic heterocycles. The van der Waals surface area contributed by atoms with E-state index >= 15 is 0 Å². The summed E-state index contributed by atoms with van der Waals surface area (Å²) in [6, 6.07) is 4.31. The molecule has 15 heavy (non-hydrogen) atoms. The molecule has 0 aromatic carbocycles. The average Bonchev–Trinajstić information content (AvgIpc) is 2.31. The number of nitrogens with zero attached hydrogens (tertiary/aromatic N) is 2. The quantitative estimate of drug-likeness (QED) is 0.755. The second-order valence-electron chi connectivity index (χ2n) is 3.87. The maximum absolute atomic E-state index is 5.33. The van der Waals surface area contributed by atoms with Gasteiger partial charge in [0.25, 0.3) is 0 Å². The van der Waals surface area contributed by atoms with E-state index in [0.29, 0.717) is 0 Å². The minimum atomic E-state index is 0.819. The highest BCUT2D eigenvalue weighted by Gasteiger charge is 2.12. The fraction of sp³-hybridized carbons (Fsp3) is 0.583. The lowest BCUT2D eigenvalue weighted by atomic mass is 10.1. The Hall–Kier alpha value is -1.09. The van der Waals surface area contributed by atoms with Crippen molar-refractivity contribution >= 4 is 5.82 Å². The molecule has 1 saturated heterocycles. The van der Waals surface area contributed by atoms with Gasteiger partial charge in [-0.3, -0.25) is 0 Å². The molecule has 0 amide bonds. The van der Waals surface area contributed by atoms with Gasteiger partial charge in [0, 0.05) is 19.3 Å². The summed E-state index contributed by atoms with van der Waals surface area (Å²) in [7, 11) is 0. The van der Waals surface area contributed by atoms with Gasteiger partial charge in [-0.15, -0.1) is 0 Å². The Balaban J connectivity index is 2.09. The Kier molecular flexibility index (Phi) is 3.56. The van der Waals surface area contributed by atoms with E-state index in [4.69, 9.17) is 4.74 Å². The van der Waals surface area contributed by atoms with Gasteiger partial charge in [-0.1, -0.05) is 13.3 Å². The topological polar surface area (TPSA) is 25.4 Å². The molecule has 2 heterocycles. The molecule has 1 fully saturated rings. The van der Waals surface area contributed by atoms with Crippen molar-refractivity contribution in [3.05, 3.63) is 23.9 Å². The summed E-state index contributed by atoms with van der Waals surface area (Å²) in [5.41, 5.74) is 1.38. The first-order chi connectivity index (χ1) is 7.40. The molecule has 0 atom stereocenters. The van der Waals surface area contributed by atoms with Crippen molar-refractivity contribution in [2.45, 2.75) is 19.8 Å². The number of ether oxygens (including phenoxy) is 1. The second kappa shape index (κ2) is 5.12. The largest absolute Gasteiger partial charge is 0.378 e. The normalized spacial score (nSPS) is 16.7. The van der Waals surface area contributed by atoms with E-state index in [9.17, 15) is 0 Å². The van der Waals surface area contributed by atoms with Gasteiger partial charge in [0.1, 0.15) is 5.82 Å². The number of aryl methyl sites for hydroxylation is 1. The molecule has 2 rings (SSSR count). The molecule has 0 saturated carbocycles. The first-order valence-corrected chi connectivity index (χ1v) is 5.68. The number of aromatic nitrogens is 1. The van der Waals surface area contributed by atoms with E-state index in [1.54, 1.807) is 0 Å². The molecule has 0 aliphatic carbocycles. The smallest absolute Gasteiger partial charge is 0.128 e. The van der Waals surface area contributed by atoms with E-state index in [2.05, 4.69) is 28.9 Å². The van der Waals surface area contributed by atoms with Gasteiger partial charge in [0.2, 0.25) is 0 Å². The second-order valence-corrected chi connectivity index (χ2v) is 3.87. The van der Waals surface area contributed by atoms with E-state index < -0.39 is 0 Å². The van der Waals surface area contributed by atoms with Crippen LogP contribution in [0.15, 0.2) is 18.3 Å². The van der Waals surface area contributed by atoms with Crippen molar-refractivity contribution in [1.29, 1.82) is 0 Å². The van der Waals surface area contributed by atoms with E-state index in [0.717, 1.165) is 38.5 Å². The molecule has 1 aromatic rings. The number of hydrogen-bond acceptors (Lipinski definition) is 3. The maximum atomic E-state index is 5.33. The van der Waals surface area contributed by atoms with Crippen LogP contribution in [0.3, 0.4) is 0 Å². The summed E-state index contributed by atoms with van der Waals surface area (Å²) in [5.74, 6) is 1.10. The first kappa shape index (κ1) is 10.4. The highest BCUT2D eigenvalue weighted by atomic mass is 16.5. The summed E-state index contributed by atoms with van der Waals surface area (Å²) in [6.45, 7) is 5.76. The monoisotopic (exact) mass is 206 g/mol. The third-order valence-corrected chi connectivity index (χ3v) is 2.68. The standard InChI is InChI=1S/C12H18N2O/c1-2-3-11-4-5-13-12(10-11)14-6-8-15-9-7-14/h4-5,10H,2-3,6-9H2,1H3.